The molecule has 2 aromatic carbocycles. The summed E-state index contributed by atoms with van der Waals surface area (Å²) in [4.78, 5) is 0. The summed E-state index contributed by atoms with van der Waals surface area (Å²) in [6.07, 6.45) is 1.70. The fraction of sp³-hybridized carbons (Fsp3) is 0. The third-order valence-electron chi connectivity index (χ3n) is 2.81. The molecule has 3 rings (SSSR count). The number of rotatable bonds is 2. The van der Waals surface area contributed by atoms with Gasteiger partial charge in [0.1, 0.15) is 5.82 Å². The zero-order valence-electron chi connectivity index (χ0n) is 9.74. The summed E-state index contributed by atoms with van der Waals surface area (Å²) in [6, 6.07) is 8.06. The van der Waals surface area contributed by atoms with Crippen molar-refractivity contribution in [2.75, 3.05) is 11.1 Å². The molecular weight excluding hydrogens is 267 g/mol. The van der Waals surface area contributed by atoms with E-state index in [1.54, 1.807) is 12.3 Å². The van der Waals surface area contributed by atoms with Crippen molar-refractivity contribution in [2.24, 2.45) is 0 Å². The Hall–Kier alpha value is -2.27. The highest BCUT2D eigenvalue weighted by Crippen LogP contribution is 2.29. The van der Waals surface area contributed by atoms with Crippen LogP contribution >= 0.6 is 11.6 Å². The van der Waals surface area contributed by atoms with Crippen molar-refractivity contribution in [3.05, 3.63) is 47.4 Å². The predicted molar refractivity (Wildman–Crippen MR) is 75.2 cm³/mol. The summed E-state index contributed by atoms with van der Waals surface area (Å²) in [5, 5.41) is 10.9. The molecule has 96 valence electrons. The lowest BCUT2D eigenvalue weighted by Gasteiger charge is -2.10. The topological polar surface area (TPSA) is 66.7 Å². The summed E-state index contributed by atoms with van der Waals surface area (Å²) in [7, 11) is 0. The van der Waals surface area contributed by atoms with E-state index >= 15 is 0 Å². The molecule has 0 aliphatic rings. The number of nitrogens with one attached hydrogen (secondary N) is 2. The number of nitrogens with zero attached hydrogens (tertiary/aromatic N) is 1. The van der Waals surface area contributed by atoms with Crippen molar-refractivity contribution in [3.63, 3.8) is 0 Å². The van der Waals surface area contributed by atoms with Crippen molar-refractivity contribution >= 4 is 39.6 Å². The van der Waals surface area contributed by atoms with E-state index in [9.17, 15) is 4.39 Å². The molecule has 4 N–H and O–H groups in total. The minimum Gasteiger partial charge on any atom is -0.397 e. The Morgan fingerprint density at radius 3 is 2.89 bits per heavy atom. The van der Waals surface area contributed by atoms with Crippen molar-refractivity contribution in [3.8, 4) is 0 Å². The second-order valence-corrected chi connectivity index (χ2v) is 4.56. The molecule has 6 heteroatoms. The molecule has 0 fully saturated rings. The van der Waals surface area contributed by atoms with Gasteiger partial charge in [0.2, 0.25) is 0 Å². The summed E-state index contributed by atoms with van der Waals surface area (Å²) < 4.78 is 13.1. The summed E-state index contributed by atoms with van der Waals surface area (Å²) in [6.45, 7) is 0. The molecule has 0 saturated carbocycles. The maximum atomic E-state index is 13.1. The standard InChI is InChI=1S/C13H10ClFN4/c14-9-4-8(1-2-10(9)15)18-13-5-12-7(3-11(13)16)6-17-19-12/h1-6,18H,16H2,(H,17,19). The van der Waals surface area contributed by atoms with E-state index in [4.69, 9.17) is 17.3 Å². The van der Waals surface area contributed by atoms with Crippen molar-refractivity contribution in [2.45, 2.75) is 0 Å². The van der Waals surface area contributed by atoms with Gasteiger partial charge >= 0.3 is 0 Å². The number of aromatic amines is 1. The normalized spacial score (nSPS) is 10.8. The van der Waals surface area contributed by atoms with E-state index in [1.807, 2.05) is 12.1 Å². The molecule has 0 atom stereocenters. The van der Waals surface area contributed by atoms with Gasteiger partial charge in [-0.15, -0.1) is 0 Å². The van der Waals surface area contributed by atoms with E-state index in [-0.39, 0.29) is 5.02 Å². The fourth-order valence-electron chi connectivity index (χ4n) is 1.85. The van der Waals surface area contributed by atoms with Gasteiger partial charge in [-0.1, -0.05) is 11.6 Å². The lowest BCUT2D eigenvalue weighted by molar-refractivity contribution is 0.628. The predicted octanol–water partition coefficient (Wildman–Crippen LogP) is 3.68. The molecular formula is C13H10ClFN4. The number of fused-ring (bicyclic) bond motifs is 1. The summed E-state index contributed by atoms with van der Waals surface area (Å²) >= 11 is 5.74. The number of halogens is 2. The molecule has 0 amide bonds. The Morgan fingerprint density at radius 1 is 1.26 bits per heavy atom. The fourth-order valence-corrected chi connectivity index (χ4v) is 2.03. The monoisotopic (exact) mass is 276 g/mol. The first kappa shape index (κ1) is 11.8. The van der Waals surface area contributed by atoms with Gasteiger partial charge in [-0.3, -0.25) is 5.10 Å². The van der Waals surface area contributed by atoms with Crippen LogP contribution in [-0.2, 0) is 0 Å². The van der Waals surface area contributed by atoms with Gasteiger partial charge in [0.15, 0.2) is 0 Å². The molecule has 0 radical (unpaired) electrons. The van der Waals surface area contributed by atoms with Crippen LogP contribution < -0.4 is 11.1 Å². The highest BCUT2D eigenvalue weighted by atomic mass is 35.5. The molecule has 1 aromatic heterocycles. The van der Waals surface area contributed by atoms with Crippen LogP contribution in [0.3, 0.4) is 0 Å². The summed E-state index contributed by atoms with van der Waals surface area (Å²) in [5.74, 6) is -0.454. The zero-order chi connectivity index (χ0) is 13.4. The van der Waals surface area contributed by atoms with Crippen LogP contribution in [0.5, 0.6) is 0 Å². The molecule has 3 aromatic rings. The van der Waals surface area contributed by atoms with Crippen LogP contribution in [0.2, 0.25) is 5.02 Å². The van der Waals surface area contributed by atoms with E-state index in [2.05, 4.69) is 15.5 Å². The van der Waals surface area contributed by atoms with Crippen LogP contribution in [0.1, 0.15) is 0 Å². The maximum Gasteiger partial charge on any atom is 0.141 e. The Morgan fingerprint density at radius 2 is 2.11 bits per heavy atom. The molecule has 0 bridgehead atoms. The number of nitrogens with two attached hydrogens (primary N) is 1. The molecule has 4 nitrogen and oxygen atoms in total. The molecule has 0 aliphatic heterocycles. The highest BCUT2D eigenvalue weighted by molar-refractivity contribution is 6.31. The molecule has 19 heavy (non-hydrogen) atoms. The van der Waals surface area contributed by atoms with Gasteiger partial charge < -0.3 is 11.1 Å². The van der Waals surface area contributed by atoms with Crippen molar-refractivity contribution < 1.29 is 4.39 Å². The van der Waals surface area contributed by atoms with Gasteiger partial charge in [-0.25, -0.2) is 4.39 Å². The number of hydrogen-bond donors (Lipinski definition) is 3. The van der Waals surface area contributed by atoms with E-state index in [0.717, 1.165) is 10.9 Å². The molecule has 0 unspecified atom stereocenters. The first-order valence-corrected chi connectivity index (χ1v) is 5.96. The first-order chi connectivity index (χ1) is 9.13. The zero-order valence-corrected chi connectivity index (χ0v) is 10.5. The summed E-state index contributed by atoms with van der Waals surface area (Å²) in [5.41, 5.74) is 8.77. The number of aromatic nitrogens is 2. The van der Waals surface area contributed by atoms with E-state index in [0.29, 0.717) is 17.1 Å². The average Bonchev–Trinajstić information content (AvgIpc) is 2.81. The van der Waals surface area contributed by atoms with Crippen LogP contribution in [-0.4, -0.2) is 10.2 Å². The van der Waals surface area contributed by atoms with Crippen molar-refractivity contribution in [1.82, 2.24) is 10.2 Å². The van der Waals surface area contributed by atoms with E-state index < -0.39 is 5.82 Å². The molecule has 0 spiro atoms. The number of anilines is 3. The number of H-pyrrole nitrogens is 1. The number of nitrogen functional groups attached to an aromatic ring is 1. The highest BCUT2D eigenvalue weighted by Gasteiger charge is 2.06. The van der Waals surface area contributed by atoms with Crippen LogP contribution in [0, 0.1) is 5.82 Å². The van der Waals surface area contributed by atoms with Crippen LogP contribution in [0.25, 0.3) is 10.9 Å². The third-order valence-corrected chi connectivity index (χ3v) is 3.10. The second kappa shape index (κ2) is 4.44. The Balaban J connectivity index is 1.99. The van der Waals surface area contributed by atoms with Gasteiger partial charge in [-0.2, -0.15) is 5.10 Å². The van der Waals surface area contributed by atoms with E-state index in [1.165, 1.54) is 12.1 Å². The average molecular weight is 277 g/mol. The largest absolute Gasteiger partial charge is 0.397 e. The molecule has 0 aliphatic carbocycles. The van der Waals surface area contributed by atoms with Crippen LogP contribution in [0.4, 0.5) is 21.5 Å². The minimum absolute atomic E-state index is 0.0613. The molecule has 0 saturated heterocycles. The minimum atomic E-state index is -0.454. The number of benzene rings is 2. The first-order valence-electron chi connectivity index (χ1n) is 5.58. The molecule has 1 heterocycles. The van der Waals surface area contributed by atoms with Gasteiger partial charge in [-0.05, 0) is 30.3 Å². The SMILES string of the molecule is Nc1cc2cn[nH]c2cc1Nc1ccc(F)c(Cl)c1. The van der Waals surface area contributed by atoms with Gasteiger partial charge in [0, 0.05) is 11.1 Å². The van der Waals surface area contributed by atoms with Gasteiger partial charge in [0.05, 0.1) is 28.1 Å². The van der Waals surface area contributed by atoms with Crippen LogP contribution in [0.15, 0.2) is 36.5 Å². The third kappa shape index (κ3) is 2.20. The number of hydrogen-bond acceptors (Lipinski definition) is 3. The van der Waals surface area contributed by atoms with Crippen molar-refractivity contribution in [1.29, 1.82) is 0 Å². The Bertz CT molecular complexity index is 753. The lowest BCUT2D eigenvalue weighted by Crippen LogP contribution is -1.96. The van der Waals surface area contributed by atoms with Gasteiger partial charge in [0.25, 0.3) is 0 Å². The maximum absolute atomic E-state index is 13.1. The smallest absolute Gasteiger partial charge is 0.141 e. The quantitative estimate of drug-likeness (QED) is 0.626. The Kier molecular flexibility index (Phi) is 2.76. The Labute approximate surface area is 113 Å². The lowest BCUT2D eigenvalue weighted by atomic mass is 10.2. The second-order valence-electron chi connectivity index (χ2n) is 4.15.